The number of halogens is 2. The highest BCUT2D eigenvalue weighted by molar-refractivity contribution is 6.31. The molecule has 1 aliphatic carbocycles. The lowest BCUT2D eigenvalue weighted by Gasteiger charge is -2.12. The fraction of sp³-hybridized carbons (Fsp3) is 0.467. The van der Waals surface area contributed by atoms with Gasteiger partial charge in [0.15, 0.2) is 5.82 Å². The van der Waals surface area contributed by atoms with E-state index in [-0.39, 0.29) is 11.7 Å². The third-order valence-corrected chi connectivity index (χ3v) is 4.48. The van der Waals surface area contributed by atoms with E-state index in [1.165, 1.54) is 12.1 Å². The van der Waals surface area contributed by atoms with Crippen LogP contribution in [-0.2, 0) is 6.42 Å². The Balaban J connectivity index is 1.76. The molecule has 112 valence electrons. The summed E-state index contributed by atoms with van der Waals surface area (Å²) < 4.78 is 18.4. The summed E-state index contributed by atoms with van der Waals surface area (Å²) in [6.45, 7) is 0.645. The summed E-state index contributed by atoms with van der Waals surface area (Å²) in [5.41, 5.74) is 6.57. The molecule has 1 aromatic carbocycles. The van der Waals surface area contributed by atoms with Crippen LogP contribution in [0.2, 0.25) is 5.02 Å². The first kappa shape index (κ1) is 14.5. The van der Waals surface area contributed by atoms with E-state index in [2.05, 4.69) is 10.1 Å². The molecule has 0 amide bonds. The average Bonchev–Trinajstić information content (AvgIpc) is 3.10. The van der Waals surface area contributed by atoms with Gasteiger partial charge >= 0.3 is 0 Å². The molecule has 1 aliphatic rings. The highest BCUT2D eigenvalue weighted by Crippen LogP contribution is 2.38. The van der Waals surface area contributed by atoms with E-state index in [1.807, 2.05) is 0 Å². The van der Waals surface area contributed by atoms with Crippen molar-refractivity contribution in [3.63, 3.8) is 0 Å². The molecule has 2 aromatic rings. The summed E-state index contributed by atoms with van der Waals surface area (Å²) in [6.07, 6.45) is 3.74. The number of nitrogens with two attached hydrogens (primary N) is 1. The normalized spacial score (nSPS) is 21.9. The van der Waals surface area contributed by atoms with E-state index in [0.717, 1.165) is 24.8 Å². The van der Waals surface area contributed by atoms with Crippen LogP contribution in [0.4, 0.5) is 4.39 Å². The van der Waals surface area contributed by atoms with Crippen LogP contribution in [0.15, 0.2) is 22.7 Å². The van der Waals surface area contributed by atoms with Crippen molar-refractivity contribution >= 4 is 11.6 Å². The Morgan fingerprint density at radius 2 is 2.24 bits per heavy atom. The maximum absolute atomic E-state index is 13.0. The minimum atomic E-state index is -0.353. The lowest BCUT2D eigenvalue weighted by molar-refractivity contribution is 0.323. The second kappa shape index (κ2) is 6.12. The number of aromatic nitrogens is 2. The molecular weight excluding hydrogens is 293 g/mol. The first-order chi connectivity index (χ1) is 10.2. The quantitative estimate of drug-likeness (QED) is 0.941. The van der Waals surface area contributed by atoms with Gasteiger partial charge in [0.1, 0.15) is 5.82 Å². The van der Waals surface area contributed by atoms with E-state index in [0.29, 0.717) is 35.6 Å². The molecule has 1 saturated carbocycles. The van der Waals surface area contributed by atoms with E-state index in [4.69, 9.17) is 21.9 Å². The third-order valence-electron chi connectivity index (χ3n) is 4.13. The van der Waals surface area contributed by atoms with Crippen LogP contribution >= 0.6 is 11.6 Å². The average molecular weight is 310 g/mol. The molecule has 2 N–H and O–H groups in total. The maximum atomic E-state index is 13.0. The van der Waals surface area contributed by atoms with Crippen molar-refractivity contribution in [2.75, 3.05) is 6.54 Å². The molecule has 0 bridgehead atoms. The molecule has 21 heavy (non-hydrogen) atoms. The zero-order chi connectivity index (χ0) is 14.8. The van der Waals surface area contributed by atoms with Gasteiger partial charge in [0.25, 0.3) is 0 Å². The van der Waals surface area contributed by atoms with E-state index < -0.39 is 0 Å². The highest BCUT2D eigenvalue weighted by atomic mass is 35.5. The number of benzene rings is 1. The topological polar surface area (TPSA) is 64.9 Å². The molecule has 1 aromatic heterocycles. The standard InChI is InChI=1S/C15H17ClFN3O/c16-13-7-11(17)5-4-9(13)6-14-19-15(21-20-14)12-3-1-2-10(12)8-18/h4-5,7,10,12H,1-3,6,8,18H2. The Morgan fingerprint density at radius 3 is 3.00 bits per heavy atom. The van der Waals surface area contributed by atoms with Gasteiger partial charge in [-0.1, -0.05) is 29.2 Å². The van der Waals surface area contributed by atoms with Crippen LogP contribution < -0.4 is 5.73 Å². The smallest absolute Gasteiger partial charge is 0.230 e. The fourth-order valence-corrected chi connectivity index (χ4v) is 3.20. The molecule has 2 atom stereocenters. The highest BCUT2D eigenvalue weighted by Gasteiger charge is 2.31. The molecule has 1 fully saturated rings. The molecule has 4 nitrogen and oxygen atoms in total. The predicted molar refractivity (Wildman–Crippen MR) is 77.7 cm³/mol. The number of rotatable bonds is 4. The zero-order valence-corrected chi connectivity index (χ0v) is 12.3. The van der Waals surface area contributed by atoms with Crippen molar-refractivity contribution < 1.29 is 8.91 Å². The van der Waals surface area contributed by atoms with Gasteiger partial charge in [-0.05, 0) is 43.0 Å². The Labute approximate surface area is 127 Å². The minimum Gasteiger partial charge on any atom is -0.339 e. The monoisotopic (exact) mass is 309 g/mol. The van der Waals surface area contributed by atoms with Gasteiger partial charge in [0, 0.05) is 17.4 Å². The van der Waals surface area contributed by atoms with E-state index in [1.54, 1.807) is 6.07 Å². The molecule has 2 unspecified atom stereocenters. The summed E-state index contributed by atoms with van der Waals surface area (Å²) in [5, 5.41) is 4.39. The number of nitrogens with zero attached hydrogens (tertiary/aromatic N) is 2. The molecular formula is C15H17ClFN3O. The largest absolute Gasteiger partial charge is 0.339 e. The van der Waals surface area contributed by atoms with E-state index in [9.17, 15) is 4.39 Å². The lowest BCUT2D eigenvalue weighted by Crippen LogP contribution is -2.17. The minimum absolute atomic E-state index is 0.264. The van der Waals surface area contributed by atoms with Crippen molar-refractivity contribution in [1.29, 1.82) is 0 Å². The van der Waals surface area contributed by atoms with Gasteiger partial charge in [-0.2, -0.15) is 4.98 Å². The van der Waals surface area contributed by atoms with Crippen molar-refractivity contribution in [1.82, 2.24) is 10.1 Å². The molecule has 0 radical (unpaired) electrons. The Bertz CT molecular complexity index is 631. The van der Waals surface area contributed by atoms with Gasteiger partial charge in [0.2, 0.25) is 5.89 Å². The van der Waals surface area contributed by atoms with Gasteiger partial charge in [-0.25, -0.2) is 4.39 Å². The van der Waals surface area contributed by atoms with Gasteiger partial charge in [0.05, 0.1) is 0 Å². The first-order valence-corrected chi connectivity index (χ1v) is 7.51. The number of hydrogen-bond acceptors (Lipinski definition) is 4. The summed E-state index contributed by atoms with van der Waals surface area (Å²) in [7, 11) is 0. The van der Waals surface area contributed by atoms with Crippen LogP contribution in [0.3, 0.4) is 0 Å². The predicted octanol–water partition coefficient (Wildman–Crippen LogP) is 3.30. The first-order valence-electron chi connectivity index (χ1n) is 7.14. The molecule has 1 heterocycles. The van der Waals surface area contributed by atoms with Crippen molar-refractivity contribution in [2.24, 2.45) is 11.7 Å². The molecule has 0 saturated heterocycles. The summed E-state index contributed by atoms with van der Waals surface area (Å²) in [4.78, 5) is 4.46. The Morgan fingerprint density at radius 1 is 1.38 bits per heavy atom. The molecule has 6 heteroatoms. The SMILES string of the molecule is NCC1CCCC1c1nc(Cc2ccc(F)cc2Cl)no1. The third kappa shape index (κ3) is 3.09. The van der Waals surface area contributed by atoms with Crippen molar-refractivity contribution in [3.05, 3.63) is 46.3 Å². The van der Waals surface area contributed by atoms with E-state index >= 15 is 0 Å². The summed E-state index contributed by atoms with van der Waals surface area (Å²) >= 11 is 6.02. The van der Waals surface area contributed by atoms with Gasteiger partial charge in [-0.3, -0.25) is 0 Å². The van der Waals surface area contributed by atoms with Gasteiger partial charge < -0.3 is 10.3 Å². The maximum Gasteiger partial charge on any atom is 0.230 e. The molecule has 0 spiro atoms. The second-order valence-corrected chi connectivity index (χ2v) is 5.90. The van der Waals surface area contributed by atoms with Crippen molar-refractivity contribution in [3.8, 4) is 0 Å². The van der Waals surface area contributed by atoms with Gasteiger partial charge in [-0.15, -0.1) is 0 Å². The fourth-order valence-electron chi connectivity index (χ4n) is 2.97. The Hall–Kier alpha value is -1.46. The van der Waals surface area contributed by atoms with Crippen LogP contribution in [-0.4, -0.2) is 16.7 Å². The summed E-state index contributed by atoms with van der Waals surface area (Å²) in [6, 6.07) is 4.31. The Kier molecular flexibility index (Phi) is 4.22. The van der Waals surface area contributed by atoms with Crippen LogP contribution in [0, 0.1) is 11.7 Å². The lowest BCUT2D eigenvalue weighted by atomic mass is 9.96. The summed E-state index contributed by atoms with van der Waals surface area (Å²) in [5.74, 6) is 1.57. The van der Waals surface area contributed by atoms with Crippen LogP contribution in [0.25, 0.3) is 0 Å². The van der Waals surface area contributed by atoms with Crippen molar-refractivity contribution in [2.45, 2.75) is 31.6 Å². The second-order valence-electron chi connectivity index (χ2n) is 5.49. The number of hydrogen-bond donors (Lipinski definition) is 1. The zero-order valence-electron chi connectivity index (χ0n) is 11.6. The van der Waals surface area contributed by atoms with Crippen LogP contribution in [0.5, 0.6) is 0 Å². The van der Waals surface area contributed by atoms with Crippen LogP contribution in [0.1, 0.15) is 42.5 Å². The molecule has 3 rings (SSSR count). The molecule has 0 aliphatic heterocycles.